The van der Waals surface area contributed by atoms with Gasteiger partial charge in [0.2, 0.25) is 20.9 Å². The third-order valence-electron chi connectivity index (χ3n) is 10.6. The minimum absolute atomic E-state index is 0.0870. The zero-order chi connectivity index (χ0) is 34.1. The highest BCUT2D eigenvalue weighted by molar-refractivity contribution is 7.91. The van der Waals surface area contributed by atoms with Crippen LogP contribution in [-0.2, 0) is 31.2 Å². The average molecular weight is 695 g/mol. The van der Waals surface area contributed by atoms with E-state index >= 15 is 0 Å². The van der Waals surface area contributed by atoms with Gasteiger partial charge in [0, 0.05) is 48.9 Å². The fraction of sp³-hybridized carbons (Fsp3) is 0.500. The van der Waals surface area contributed by atoms with Gasteiger partial charge in [0.25, 0.3) is 0 Å². The van der Waals surface area contributed by atoms with Gasteiger partial charge in [-0.05, 0) is 104 Å². The van der Waals surface area contributed by atoms with Gasteiger partial charge in [-0.1, -0.05) is 24.6 Å². The first-order valence-electron chi connectivity index (χ1n) is 16.7. The van der Waals surface area contributed by atoms with Crippen LogP contribution >= 0.6 is 11.6 Å². The molecule has 12 heteroatoms. The van der Waals surface area contributed by atoms with Crippen molar-refractivity contribution >= 4 is 39.0 Å². The Morgan fingerprint density at radius 1 is 1.12 bits per heavy atom. The zero-order valence-electron chi connectivity index (χ0n) is 27.7. The first-order chi connectivity index (χ1) is 23.0. The molecule has 0 radical (unpaired) electrons. The molecule has 10 nitrogen and oxygen atoms in total. The number of ether oxygens (including phenoxy) is 2. The number of fused-ring (bicyclic) bond motifs is 3. The largest absolute Gasteiger partial charge is 0.490 e. The molecule has 1 aliphatic heterocycles. The number of nitrogens with zero attached hydrogens (tertiary/aromatic N) is 3. The van der Waals surface area contributed by atoms with Crippen molar-refractivity contribution in [3.8, 4) is 5.75 Å². The molecule has 1 spiro atoms. The molecule has 3 aliphatic rings. The Bertz CT molecular complexity index is 1770. The van der Waals surface area contributed by atoms with E-state index in [0.717, 1.165) is 61.7 Å². The Labute approximate surface area is 287 Å². The topological polar surface area (TPSA) is 128 Å². The standard InChI is InChI=1S/C36H43ClN4O6S/c1-23(24(2)48(44,45)35-38-14-5-15-39-35)16-33(42)40-19-27-7-8-28(27)20-41-21-36(13-4-6-25-17-29(37)10-11-30(25)36)22-47-32-12-9-26(18-31(32)41)34(43)46-3/h5,9-12,14-15,17-18,23-24,27-28H,4,6-8,13,16,19-22H2,1-3H3,(H,40,42)/t23-,24-,27+,28+,36+/m1/s1. The summed E-state index contributed by atoms with van der Waals surface area (Å²) in [6, 6.07) is 13.2. The molecular weight excluding hydrogens is 652 g/mol. The molecule has 2 aromatic carbocycles. The van der Waals surface area contributed by atoms with Crippen LogP contribution in [0.15, 0.2) is 60.0 Å². The van der Waals surface area contributed by atoms with Gasteiger partial charge < -0.3 is 19.7 Å². The SMILES string of the molecule is COC(=O)c1ccc2c(c1)N(C[C@@H]1CC[C@H]1CNC(=O)C[C@@H](C)[C@@H](C)S(=O)(=O)c1ncccn1)C[C@@]1(CCCc3cc(Cl)ccc31)CO2. The van der Waals surface area contributed by atoms with Crippen molar-refractivity contribution < 1.29 is 27.5 Å². The van der Waals surface area contributed by atoms with Gasteiger partial charge in [0.1, 0.15) is 5.75 Å². The van der Waals surface area contributed by atoms with E-state index in [0.29, 0.717) is 24.6 Å². The number of rotatable bonds is 10. The molecule has 1 aromatic heterocycles. The summed E-state index contributed by atoms with van der Waals surface area (Å²) >= 11 is 6.40. The molecule has 0 unspecified atom stereocenters. The maximum absolute atomic E-state index is 13.0. The number of sulfone groups is 1. The lowest BCUT2D eigenvalue weighted by Gasteiger charge is -2.44. The number of carbonyl (C=O) groups excluding carboxylic acids is 2. The van der Waals surface area contributed by atoms with Crippen molar-refractivity contribution in [1.82, 2.24) is 15.3 Å². The lowest BCUT2D eigenvalue weighted by Crippen LogP contribution is -2.49. The summed E-state index contributed by atoms with van der Waals surface area (Å²) in [6.07, 6.45) is 7.88. The average Bonchev–Trinajstić information content (AvgIpc) is 3.23. The number of carbonyl (C=O) groups is 2. The summed E-state index contributed by atoms with van der Waals surface area (Å²) in [6.45, 7) is 5.89. The van der Waals surface area contributed by atoms with Crippen LogP contribution in [0.25, 0.3) is 0 Å². The number of benzene rings is 2. The van der Waals surface area contributed by atoms with E-state index in [2.05, 4.69) is 32.3 Å². The van der Waals surface area contributed by atoms with Crippen LogP contribution in [-0.4, -0.2) is 68.9 Å². The third-order valence-corrected chi connectivity index (χ3v) is 13.0. The lowest BCUT2D eigenvalue weighted by atomic mass is 9.69. The maximum Gasteiger partial charge on any atom is 0.337 e. The molecule has 1 fully saturated rings. The third kappa shape index (κ3) is 6.89. The van der Waals surface area contributed by atoms with Gasteiger partial charge in [-0.25, -0.2) is 23.2 Å². The highest BCUT2D eigenvalue weighted by Gasteiger charge is 2.43. The number of methoxy groups -OCH3 is 1. The number of halogens is 1. The monoisotopic (exact) mass is 694 g/mol. The molecule has 0 bridgehead atoms. The molecular formula is C36H43ClN4O6S. The summed E-state index contributed by atoms with van der Waals surface area (Å²) in [7, 11) is -2.38. The smallest absolute Gasteiger partial charge is 0.337 e. The van der Waals surface area contributed by atoms with Crippen LogP contribution in [0.4, 0.5) is 5.69 Å². The van der Waals surface area contributed by atoms with Gasteiger partial charge in [-0.2, -0.15) is 0 Å². The second-order valence-electron chi connectivity index (χ2n) is 13.6. The number of aryl methyl sites for hydroxylation is 1. The van der Waals surface area contributed by atoms with Gasteiger partial charge in [-0.15, -0.1) is 0 Å². The van der Waals surface area contributed by atoms with Crippen molar-refractivity contribution in [3.05, 3.63) is 76.6 Å². The molecule has 256 valence electrons. The number of anilines is 1. The molecule has 2 heterocycles. The van der Waals surface area contributed by atoms with Gasteiger partial charge in [0.05, 0.1) is 30.2 Å². The summed E-state index contributed by atoms with van der Waals surface area (Å²) in [4.78, 5) is 35.8. The van der Waals surface area contributed by atoms with E-state index in [-0.39, 0.29) is 28.8 Å². The molecule has 6 rings (SSSR count). The Balaban J connectivity index is 1.16. The molecule has 48 heavy (non-hydrogen) atoms. The van der Waals surface area contributed by atoms with Gasteiger partial charge >= 0.3 is 5.97 Å². The number of hydrogen-bond acceptors (Lipinski definition) is 9. The molecule has 2 aliphatic carbocycles. The Morgan fingerprint density at radius 3 is 2.62 bits per heavy atom. The quantitative estimate of drug-likeness (QED) is 0.219. The fourth-order valence-electron chi connectivity index (χ4n) is 7.47. The maximum atomic E-state index is 13.0. The number of nitrogens with one attached hydrogen (secondary N) is 1. The molecule has 0 saturated heterocycles. The van der Waals surface area contributed by atoms with Crippen LogP contribution in [0.1, 0.15) is 67.4 Å². The van der Waals surface area contributed by atoms with E-state index in [4.69, 9.17) is 21.1 Å². The molecule has 1 saturated carbocycles. The van der Waals surface area contributed by atoms with Crippen LogP contribution in [0.2, 0.25) is 5.02 Å². The van der Waals surface area contributed by atoms with Crippen LogP contribution < -0.4 is 15.0 Å². The number of esters is 1. The predicted molar refractivity (Wildman–Crippen MR) is 183 cm³/mol. The normalized spacial score (nSPS) is 23.0. The van der Waals surface area contributed by atoms with Crippen molar-refractivity contribution in [2.75, 3.05) is 38.3 Å². The highest BCUT2D eigenvalue weighted by Crippen LogP contribution is 2.46. The first kappa shape index (κ1) is 34.2. The predicted octanol–water partition coefficient (Wildman–Crippen LogP) is 5.42. The molecule has 3 aromatic rings. The number of hydrogen-bond donors (Lipinski definition) is 1. The van der Waals surface area contributed by atoms with Crippen LogP contribution in [0.3, 0.4) is 0 Å². The zero-order valence-corrected chi connectivity index (χ0v) is 29.2. The number of amides is 1. The Morgan fingerprint density at radius 2 is 1.90 bits per heavy atom. The van der Waals surface area contributed by atoms with E-state index < -0.39 is 27.0 Å². The van der Waals surface area contributed by atoms with E-state index in [1.165, 1.54) is 30.6 Å². The van der Waals surface area contributed by atoms with Crippen molar-refractivity contribution in [3.63, 3.8) is 0 Å². The minimum atomic E-state index is -3.76. The van der Waals surface area contributed by atoms with Crippen molar-refractivity contribution in [2.24, 2.45) is 17.8 Å². The second-order valence-corrected chi connectivity index (χ2v) is 16.3. The summed E-state index contributed by atoms with van der Waals surface area (Å²) in [5.74, 6) is 0.341. The van der Waals surface area contributed by atoms with Crippen molar-refractivity contribution in [2.45, 2.75) is 68.2 Å². The summed E-state index contributed by atoms with van der Waals surface area (Å²) < 4.78 is 37.6. The van der Waals surface area contributed by atoms with E-state index in [1.807, 2.05) is 18.2 Å². The first-order valence-corrected chi connectivity index (χ1v) is 18.6. The highest BCUT2D eigenvalue weighted by atomic mass is 35.5. The minimum Gasteiger partial charge on any atom is -0.490 e. The van der Waals surface area contributed by atoms with E-state index in [9.17, 15) is 18.0 Å². The fourth-order valence-corrected chi connectivity index (χ4v) is 9.12. The summed E-state index contributed by atoms with van der Waals surface area (Å²) in [5.41, 5.74) is 3.63. The Kier molecular flexibility index (Phi) is 9.99. The molecule has 1 N–H and O–H groups in total. The van der Waals surface area contributed by atoms with Crippen LogP contribution in [0.5, 0.6) is 5.75 Å². The van der Waals surface area contributed by atoms with E-state index in [1.54, 1.807) is 26.0 Å². The van der Waals surface area contributed by atoms with Crippen molar-refractivity contribution in [1.29, 1.82) is 0 Å². The molecule has 1 amide bonds. The second kappa shape index (κ2) is 14.0. The number of aromatic nitrogens is 2. The van der Waals surface area contributed by atoms with Crippen LogP contribution in [0, 0.1) is 17.8 Å². The molecule has 5 atom stereocenters. The lowest BCUT2D eigenvalue weighted by molar-refractivity contribution is -0.122. The van der Waals surface area contributed by atoms with Gasteiger partial charge in [0.15, 0.2) is 0 Å². The summed E-state index contributed by atoms with van der Waals surface area (Å²) in [5, 5.41) is 2.79. The van der Waals surface area contributed by atoms with Gasteiger partial charge in [-0.3, -0.25) is 4.79 Å². The Hall–Kier alpha value is -3.70.